The Bertz CT molecular complexity index is 4690. The number of ketones is 4. The van der Waals surface area contributed by atoms with Gasteiger partial charge in [0.1, 0.15) is 6.54 Å². The molecule has 0 saturated carbocycles. The number of thioether (sulfide) groups is 1. The summed E-state index contributed by atoms with van der Waals surface area (Å²) < 4.78 is 47.8. The number of anilines is 1. The lowest BCUT2D eigenvalue weighted by molar-refractivity contribution is -0.433. The summed E-state index contributed by atoms with van der Waals surface area (Å²) in [6.07, 6.45) is 10.5. The third-order valence-corrected chi connectivity index (χ3v) is 25.4. The second kappa shape index (κ2) is 56.2. The third-order valence-electron chi connectivity index (χ3n) is 23.3. The Morgan fingerprint density at radius 3 is 1.50 bits per heavy atom. The van der Waals surface area contributed by atoms with Gasteiger partial charge in [0.25, 0.3) is 10.1 Å². The maximum Gasteiger partial charge on any atom is 0.294 e. The Kier molecular flexibility index (Phi) is 47.2. The molecule has 42 nitrogen and oxygen atoms in total. The highest BCUT2D eigenvalue weighted by atomic mass is 32.2. The van der Waals surface area contributed by atoms with Gasteiger partial charge < -0.3 is 107 Å². The number of amides is 7. The molecule has 0 spiro atoms. The molecule has 736 valence electrons. The summed E-state index contributed by atoms with van der Waals surface area (Å²) in [4.78, 5) is 160. The molecule has 1 fully saturated rings. The van der Waals surface area contributed by atoms with Gasteiger partial charge in [-0.1, -0.05) is 50.1 Å². The first kappa shape index (κ1) is 112. The average Bonchev–Trinajstić information content (AvgIpc) is 1.59. The number of unbranched alkanes of at least 4 members (excludes halogenated alkanes) is 2. The molecule has 0 bridgehead atoms. The van der Waals surface area contributed by atoms with Crippen LogP contribution in [-0.2, 0) is 83.2 Å². The van der Waals surface area contributed by atoms with E-state index in [9.17, 15) is 56.1 Å². The van der Waals surface area contributed by atoms with Crippen LogP contribution in [-0.4, -0.2) is 256 Å². The number of benzene rings is 2. The third kappa shape index (κ3) is 37.9. The summed E-state index contributed by atoms with van der Waals surface area (Å²) in [5.74, 6) is -13.0. The molecule has 3 heterocycles. The minimum absolute atomic E-state index is 0.0255. The van der Waals surface area contributed by atoms with Gasteiger partial charge in [-0.2, -0.15) is 13.0 Å². The zero-order valence-corrected chi connectivity index (χ0v) is 79.5. The highest BCUT2D eigenvalue weighted by Crippen LogP contribution is 2.49. The number of hydrogen-bond acceptors (Lipinski definition) is 23. The molecule has 30 N–H and O–H groups in total. The highest BCUT2D eigenvalue weighted by Gasteiger charge is 2.46. The number of carbonyl (C=O) groups is 11. The first-order valence-electron chi connectivity index (χ1n) is 45.2. The molecule has 44 heteroatoms. The summed E-state index contributed by atoms with van der Waals surface area (Å²) >= 11 is 0.924. The number of likely N-dealkylation sites (tertiary alicyclic amines) is 1. The minimum Gasteiger partial charge on any atom is -0.382 e. The largest absolute Gasteiger partial charge is 0.382 e. The molecule has 0 aromatic heterocycles. The predicted molar refractivity (Wildman–Crippen MR) is 512 cm³/mol. The van der Waals surface area contributed by atoms with Crippen LogP contribution in [0.25, 0.3) is 0 Å². The van der Waals surface area contributed by atoms with E-state index in [1.807, 2.05) is 38.2 Å². The molecule has 3 aliphatic heterocycles. The zero-order chi connectivity index (χ0) is 98.7. The monoisotopic (exact) mass is 1900 g/mol. The van der Waals surface area contributed by atoms with Crippen molar-refractivity contribution < 1.29 is 79.8 Å². The van der Waals surface area contributed by atoms with Crippen LogP contribution in [0.3, 0.4) is 0 Å². The van der Waals surface area contributed by atoms with Crippen LogP contribution < -0.4 is 97.8 Å². The van der Waals surface area contributed by atoms with Gasteiger partial charge in [-0.05, 0) is 160 Å². The van der Waals surface area contributed by atoms with Crippen molar-refractivity contribution in [2.75, 3.05) is 103 Å². The number of ether oxygens (including phenoxy) is 2. The fourth-order valence-corrected chi connectivity index (χ4v) is 17.8. The molecule has 2 aromatic rings. The Morgan fingerprint density at radius 1 is 0.541 bits per heavy atom. The summed E-state index contributed by atoms with van der Waals surface area (Å²) in [6, 6.07) is 5.93. The fraction of sp³-hybridized carbons (Fsp3) is 0.596. The lowest BCUT2D eigenvalue weighted by Crippen LogP contribution is -2.49. The van der Waals surface area contributed by atoms with E-state index in [4.69, 9.17) is 76.3 Å². The van der Waals surface area contributed by atoms with Crippen LogP contribution in [0, 0.1) is 57.1 Å². The van der Waals surface area contributed by atoms with Gasteiger partial charge in [0.15, 0.2) is 64.6 Å². The topological polar surface area (TPSA) is 702 Å². The summed E-state index contributed by atoms with van der Waals surface area (Å²) in [5, 5.41) is 75.0. The van der Waals surface area contributed by atoms with Crippen molar-refractivity contribution in [3.05, 3.63) is 89.2 Å². The summed E-state index contributed by atoms with van der Waals surface area (Å²) in [5.41, 5.74) is 39.7. The normalized spacial score (nSPS) is 16.2. The predicted octanol–water partition coefficient (Wildman–Crippen LogP) is 1.86. The van der Waals surface area contributed by atoms with Gasteiger partial charge in [-0.3, -0.25) is 94.6 Å². The number of nitrogens with one attached hydrogen (secondary N) is 17. The van der Waals surface area contributed by atoms with Gasteiger partial charge in [-0.15, -0.1) is 11.8 Å². The van der Waals surface area contributed by atoms with Crippen molar-refractivity contribution in [2.24, 2.45) is 52.2 Å². The van der Waals surface area contributed by atoms with Crippen molar-refractivity contribution in [1.82, 2.24) is 63.4 Å². The van der Waals surface area contributed by atoms with Crippen molar-refractivity contribution in [3.63, 3.8) is 0 Å². The molecule has 8 atom stereocenters. The molecular weight excluding hydrogens is 1750 g/mol. The van der Waals surface area contributed by atoms with E-state index in [2.05, 4.69) is 120 Å². The van der Waals surface area contributed by atoms with Crippen LogP contribution >= 0.6 is 11.8 Å². The smallest absolute Gasteiger partial charge is 0.294 e. The number of nitrogens with two attached hydrogens (primary N) is 6. The number of guanidine groups is 6. The molecule has 133 heavy (non-hydrogen) atoms. The maximum absolute atomic E-state index is 15.1. The first-order valence-corrected chi connectivity index (χ1v) is 47.7. The van der Waals surface area contributed by atoms with E-state index in [-0.39, 0.29) is 202 Å². The van der Waals surface area contributed by atoms with E-state index in [1.165, 1.54) is 48.7 Å². The molecular formula is C89H143N26O16S2+. The Hall–Kier alpha value is -11.9. The number of allylic oxidation sites excluding steroid dienone is 6. The average molecular weight is 1900 g/mol. The van der Waals surface area contributed by atoms with Gasteiger partial charge in [0.05, 0.1) is 59.5 Å². The number of nitrogens with zero attached hydrogens (tertiary/aromatic N) is 3. The van der Waals surface area contributed by atoms with Gasteiger partial charge in [0.2, 0.25) is 47.0 Å². The highest BCUT2D eigenvalue weighted by molar-refractivity contribution is 8.00. The standard InChI is InChI=1S/C89H142N26O16S2/c1-9-113-67-33-31-55(2)48-61(67)88(4,5)73(113)28-12-10-13-29-74-89(6,7)62-52-60(133(127,128)129)32-34-68(62)114(74)43-15-11-14-30-75(120)102-42-44-115-77(122)53-72(81(115)126)132-54-66(109-76(121)35-45-131-47-46-130-8)71(119)51-59(24-18-38-105-84(94)95)80(125)112-65(27-21-41-108-87(100)101)70(118)50-58(23-17-37-104-83(92)93)79(124)111-64(26-20-40-107-86(98)99)69(117)49-57(22-16-36-103-82(90)91)78(123)110-63(56(3)116)25-19-39-106-85(96)97/h10,12-13,28-29,31-34,48,52,57-59,63-66,72H,9,11,14-27,30,35-47,49-51,53-54H2,1-8H3,(H29-,90,91,92,93,94,95,96,97,98,99,100,101,102,103,104,105,106,107,108,109,110,111,112,120,121,123,124,125,127,128,129)/p+1/t57-,58-,59-,63+,64+,65+,66+,72?/m0/s1. The van der Waals surface area contributed by atoms with Gasteiger partial charge in [-0.25, -0.2) is 0 Å². The molecule has 2 aromatic carbocycles. The number of carbonyl (C=O) groups excluding carboxylic acids is 11. The molecule has 1 saturated heterocycles. The van der Waals surface area contributed by atoms with Crippen LogP contribution in [0.4, 0.5) is 11.4 Å². The number of aryl methyl sites for hydroxylation is 1. The van der Waals surface area contributed by atoms with Crippen LogP contribution in [0.2, 0.25) is 0 Å². The van der Waals surface area contributed by atoms with Crippen molar-refractivity contribution in [3.8, 4) is 0 Å². The molecule has 0 radical (unpaired) electrons. The number of imide groups is 1. The number of rotatable bonds is 64. The number of methoxy groups -OCH3 is 1. The van der Waals surface area contributed by atoms with E-state index in [1.54, 1.807) is 6.07 Å². The zero-order valence-electron chi connectivity index (χ0n) is 77.9. The van der Waals surface area contributed by atoms with Crippen molar-refractivity contribution in [1.29, 1.82) is 32.5 Å². The lowest BCUT2D eigenvalue weighted by Gasteiger charge is -2.27. The van der Waals surface area contributed by atoms with E-state index in [0.29, 0.717) is 37.8 Å². The molecule has 3 aliphatic rings. The first-order chi connectivity index (χ1) is 62.9. The lowest BCUT2D eigenvalue weighted by atomic mass is 9.81. The quantitative estimate of drug-likeness (QED) is 0.00854. The van der Waals surface area contributed by atoms with Crippen LogP contribution in [0.5, 0.6) is 0 Å². The maximum atomic E-state index is 15.1. The molecule has 5 rings (SSSR count). The van der Waals surface area contributed by atoms with Crippen LogP contribution in [0.15, 0.2) is 77.4 Å². The minimum atomic E-state index is -4.52. The number of hydrogen-bond donors (Lipinski definition) is 24. The SMILES string of the molecule is CC[N+]1=C(/C=C/C=C/C=C2/N(CCCCCC(=O)NCCN3C(=O)CC(SC[C@@H](NC(=O)CCOCCOC)C(=O)C[C@H](CCCNC(=N)N)C(=O)N[C@H](CCCNC(=N)N)C(=O)C[C@H](CCCNC(=N)N)C(=O)N[C@H](CCCNC(=N)N)C(=O)C[C@H](CCCNC(=N)N)C(=O)N[C@H](CCCNC(=N)N)C(C)=O)C3=O)c3ccc(S(=O)(=O)O)cc3C2(C)C)C(C)(C)c2cc(C)ccc21. The molecule has 0 aliphatic carbocycles. The molecule has 7 amide bonds. The van der Waals surface area contributed by atoms with E-state index in [0.717, 1.165) is 34.6 Å². The van der Waals surface area contributed by atoms with Gasteiger partial charge in [0, 0.05) is 163 Å². The summed E-state index contributed by atoms with van der Waals surface area (Å²) in [7, 11) is -3.05. The van der Waals surface area contributed by atoms with E-state index >= 15 is 9.59 Å². The molecule has 1 unspecified atom stereocenters. The van der Waals surface area contributed by atoms with Crippen molar-refractivity contribution >= 4 is 139 Å². The Labute approximate surface area is 783 Å². The van der Waals surface area contributed by atoms with Crippen molar-refractivity contribution in [2.45, 2.75) is 228 Å². The fourth-order valence-electron chi connectivity index (χ4n) is 16.1. The second-order valence-corrected chi connectivity index (χ2v) is 37.0. The second-order valence-electron chi connectivity index (χ2n) is 34.3. The summed E-state index contributed by atoms with van der Waals surface area (Å²) in [6.45, 7) is 15.8. The number of fused-ring (bicyclic) bond motifs is 2. The van der Waals surface area contributed by atoms with E-state index < -0.39 is 158 Å². The Balaban J connectivity index is 1.33. The van der Waals surface area contributed by atoms with Crippen LogP contribution in [0.1, 0.15) is 193 Å². The van der Waals surface area contributed by atoms with Gasteiger partial charge >= 0.3 is 0 Å². The number of Topliss-reactive ketones (excluding diaryl/α,β-unsaturated/α-hetero) is 4. The Morgan fingerprint density at radius 2 is 1.02 bits per heavy atom.